The van der Waals surface area contributed by atoms with Gasteiger partial charge in [-0.15, -0.1) is 28.3 Å². The summed E-state index contributed by atoms with van der Waals surface area (Å²) in [6, 6.07) is 22.5. The summed E-state index contributed by atoms with van der Waals surface area (Å²) in [5.74, 6) is 0. The van der Waals surface area contributed by atoms with E-state index in [1.54, 1.807) is 6.20 Å². The van der Waals surface area contributed by atoms with Crippen LogP contribution >= 0.6 is 28.3 Å². The molecule has 0 fully saturated rings. The molecule has 3 heterocycles. The van der Waals surface area contributed by atoms with Gasteiger partial charge in [-0.25, -0.2) is 4.98 Å². The van der Waals surface area contributed by atoms with Crippen molar-refractivity contribution < 1.29 is 13.2 Å². The summed E-state index contributed by atoms with van der Waals surface area (Å²) in [6.45, 7) is 2.67. The van der Waals surface area contributed by atoms with Gasteiger partial charge in [0.05, 0.1) is 39.8 Å². The maximum atomic E-state index is 13.3. The fourth-order valence-electron chi connectivity index (χ4n) is 5.44. The second kappa shape index (κ2) is 13.4. The molecule has 0 bridgehead atoms. The quantitative estimate of drug-likeness (QED) is 0.174. The molecule has 0 aliphatic heterocycles. The minimum atomic E-state index is -4.39. The van der Waals surface area contributed by atoms with Crippen molar-refractivity contribution in [1.82, 2.24) is 25.2 Å². The number of hydrogen-bond donors (Lipinski definition) is 1. The number of hydrogen-bond acceptors (Lipinski definition) is 6. The van der Waals surface area contributed by atoms with Crippen molar-refractivity contribution >= 4 is 38.5 Å². The molecule has 10 heteroatoms. The molecule has 1 aliphatic carbocycles. The minimum absolute atomic E-state index is 0. The lowest BCUT2D eigenvalue weighted by atomic mass is 9.90. The lowest BCUT2D eigenvalue weighted by Crippen LogP contribution is -2.31. The number of aromatic nitrogens is 3. The van der Waals surface area contributed by atoms with E-state index >= 15 is 0 Å². The molecular weight excluding hydrogens is 623 g/mol. The van der Waals surface area contributed by atoms with E-state index in [1.807, 2.05) is 30.5 Å². The molecule has 6 rings (SSSR count). The highest BCUT2D eigenvalue weighted by atomic mass is 79.9. The number of rotatable bonds is 9. The van der Waals surface area contributed by atoms with Crippen LogP contribution in [0.2, 0.25) is 0 Å². The van der Waals surface area contributed by atoms with Gasteiger partial charge in [0.2, 0.25) is 0 Å². The first-order valence-electron chi connectivity index (χ1n) is 13.8. The highest BCUT2D eigenvalue weighted by Gasteiger charge is 2.31. The summed E-state index contributed by atoms with van der Waals surface area (Å²) in [4.78, 5) is 16.1. The van der Waals surface area contributed by atoms with Crippen LogP contribution in [0, 0.1) is 0 Å². The lowest BCUT2D eigenvalue weighted by molar-refractivity contribution is -0.137. The maximum absolute atomic E-state index is 13.3. The van der Waals surface area contributed by atoms with Crippen molar-refractivity contribution in [2.45, 2.75) is 57.7 Å². The van der Waals surface area contributed by atoms with Gasteiger partial charge in [-0.3, -0.25) is 14.9 Å². The second-order valence-corrected chi connectivity index (χ2v) is 11.5. The fraction of sp³-hybridized carbons (Fsp3) is 0.281. The largest absolute Gasteiger partial charge is 0.416 e. The fourth-order valence-corrected chi connectivity index (χ4v) is 6.42. The van der Waals surface area contributed by atoms with Crippen LogP contribution in [0.3, 0.4) is 0 Å². The average Bonchev–Trinajstić information content (AvgIpc) is 3.39. The number of pyridine rings is 2. The molecular formula is C32H31BrF3N5S. The highest BCUT2D eigenvalue weighted by Crippen LogP contribution is 2.37. The smallest absolute Gasteiger partial charge is 0.307 e. The summed E-state index contributed by atoms with van der Waals surface area (Å²) >= 11 is 1.46. The Labute approximate surface area is 257 Å². The number of fused-ring (bicyclic) bond motifs is 2. The first kappa shape index (κ1) is 30.3. The number of nitrogens with one attached hydrogen (secondary N) is 1. The molecule has 1 aliphatic rings. The van der Waals surface area contributed by atoms with Gasteiger partial charge < -0.3 is 5.32 Å². The Hall–Kier alpha value is -3.18. The van der Waals surface area contributed by atoms with Crippen LogP contribution in [-0.2, 0) is 38.8 Å². The van der Waals surface area contributed by atoms with Crippen LogP contribution in [-0.4, -0.2) is 19.9 Å². The topological polar surface area (TPSA) is 53.9 Å². The predicted octanol–water partition coefficient (Wildman–Crippen LogP) is 8.05. The summed E-state index contributed by atoms with van der Waals surface area (Å²) in [6.07, 6.45) is 2.30. The zero-order valence-corrected chi connectivity index (χ0v) is 25.4. The minimum Gasteiger partial charge on any atom is -0.307 e. The van der Waals surface area contributed by atoms with E-state index in [-0.39, 0.29) is 23.0 Å². The molecule has 3 aromatic heterocycles. The normalized spacial score (nSPS) is 15.0. The van der Waals surface area contributed by atoms with E-state index in [9.17, 15) is 13.2 Å². The van der Waals surface area contributed by atoms with E-state index in [0.29, 0.717) is 25.2 Å². The van der Waals surface area contributed by atoms with E-state index in [2.05, 4.69) is 50.5 Å². The van der Waals surface area contributed by atoms with E-state index in [4.69, 9.17) is 4.98 Å². The van der Waals surface area contributed by atoms with Gasteiger partial charge in [0.25, 0.3) is 0 Å². The number of aryl methyl sites for hydroxylation is 1. The monoisotopic (exact) mass is 653 g/mol. The highest BCUT2D eigenvalue weighted by molar-refractivity contribution is 8.93. The Kier molecular flexibility index (Phi) is 9.67. The Morgan fingerprint density at radius 3 is 2.48 bits per heavy atom. The van der Waals surface area contributed by atoms with Gasteiger partial charge in [0.1, 0.15) is 5.01 Å². The van der Waals surface area contributed by atoms with Gasteiger partial charge in [0, 0.05) is 32.0 Å². The number of alkyl halides is 3. The average molecular weight is 655 g/mol. The van der Waals surface area contributed by atoms with Crippen molar-refractivity contribution in [3.63, 3.8) is 0 Å². The SMILES string of the molecule is Br.FC(F)(F)c1ccc2sc(CN(Cc3ccc(CNCc4ccccn4)cc3)C3CCCc4cccnc43)nc2c1. The molecule has 42 heavy (non-hydrogen) atoms. The summed E-state index contributed by atoms with van der Waals surface area (Å²) in [5.41, 5.74) is 5.44. The van der Waals surface area contributed by atoms with Crippen LogP contribution in [0.15, 0.2) is 85.2 Å². The van der Waals surface area contributed by atoms with Crippen molar-refractivity contribution in [2.75, 3.05) is 0 Å². The van der Waals surface area contributed by atoms with Crippen molar-refractivity contribution in [1.29, 1.82) is 0 Å². The molecule has 0 amide bonds. The summed E-state index contributed by atoms with van der Waals surface area (Å²) in [5, 5.41) is 4.24. The van der Waals surface area contributed by atoms with E-state index in [0.717, 1.165) is 59.0 Å². The standard InChI is InChI=1S/C32H30F3N5S.BrH/c33-32(34,35)25-13-14-29-27(17-25)39-30(41-29)21-40(28-8-3-5-24-6-4-16-38-31(24)28)20-23-11-9-22(10-12-23)18-36-19-26-7-1-2-15-37-26;/h1-2,4,6-7,9-17,28,36H,3,5,8,18-21H2;1H. The zero-order valence-electron chi connectivity index (χ0n) is 22.8. The van der Waals surface area contributed by atoms with Gasteiger partial charge >= 0.3 is 6.18 Å². The van der Waals surface area contributed by atoms with Crippen LogP contribution in [0.1, 0.15) is 57.5 Å². The Morgan fingerprint density at radius 2 is 1.69 bits per heavy atom. The maximum Gasteiger partial charge on any atom is 0.416 e. The van der Waals surface area contributed by atoms with Crippen LogP contribution in [0.4, 0.5) is 13.2 Å². The Bertz CT molecular complexity index is 1610. The number of benzene rings is 2. The molecule has 1 atom stereocenters. The molecule has 0 spiro atoms. The van der Waals surface area contributed by atoms with Crippen molar-refractivity contribution in [2.24, 2.45) is 0 Å². The Balaban J connectivity index is 0.00000353. The molecule has 1 N–H and O–H groups in total. The van der Waals surface area contributed by atoms with Gasteiger partial charge in [-0.2, -0.15) is 13.2 Å². The van der Waals surface area contributed by atoms with Crippen molar-refractivity contribution in [3.8, 4) is 0 Å². The number of thiazole rings is 1. The van der Waals surface area contributed by atoms with Crippen LogP contribution < -0.4 is 5.32 Å². The van der Waals surface area contributed by atoms with Gasteiger partial charge in [-0.1, -0.05) is 36.4 Å². The second-order valence-electron chi connectivity index (χ2n) is 10.4. The predicted molar refractivity (Wildman–Crippen MR) is 165 cm³/mol. The molecule has 5 nitrogen and oxygen atoms in total. The molecule has 5 aromatic rings. The first-order valence-corrected chi connectivity index (χ1v) is 14.6. The summed E-state index contributed by atoms with van der Waals surface area (Å²) in [7, 11) is 0. The molecule has 1 unspecified atom stereocenters. The Morgan fingerprint density at radius 1 is 0.881 bits per heavy atom. The van der Waals surface area contributed by atoms with Gasteiger partial charge in [0.15, 0.2) is 0 Å². The van der Waals surface area contributed by atoms with Gasteiger partial charge in [-0.05, 0) is 72.4 Å². The van der Waals surface area contributed by atoms with Crippen LogP contribution in [0.5, 0.6) is 0 Å². The third-order valence-corrected chi connectivity index (χ3v) is 8.49. The van der Waals surface area contributed by atoms with Crippen LogP contribution in [0.25, 0.3) is 10.2 Å². The first-order chi connectivity index (χ1) is 19.9. The van der Waals surface area contributed by atoms with E-state index < -0.39 is 11.7 Å². The molecule has 2 aromatic carbocycles. The van der Waals surface area contributed by atoms with Crippen molar-refractivity contribution in [3.05, 3.63) is 124 Å². The molecule has 218 valence electrons. The lowest BCUT2D eigenvalue weighted by Gasteiger charge is -2.34. The third kappa shape index (κ3) is 7.23. The van der Waals surface area contributed by atoms with E-state index in [1.165, 1.54) is 34.1 Å². The summed E-state index contributed by atoms with van der Waals surface area (Å²) < 4.78 is 40.6. The zero-order chi connectivity index (χ0) is 28.2. The molecule has 0 radical (unpaired) electrons. The molecule has 0 saturated heterocycles. The third-order valence-electron chi connectivity index (χ3n) is 7.47. The number of nitrogens with zero attached hydrogens (tertiary/aromatic N) is 4. The molecule has 0 saturated carbocycles. The number of halogens is 4.